The van der Waals surface area contributed by atoms with Crippen molar-refractivity contribution in [3.05, 3.63) is 47.5 Å². The highest BCUT2D eigenvalue weighted by molar-refractivity contribution is 5.91. The van der Waals surface area contributed by atoms with Crippen LogP contribution in [0.4, 0.5) is 20.2 Å². The summed E-state index contributed by atoms with van der Waals surface area (Å²) in [5.74, 6) is 0.0956. The summed E-state index contributed by atoms with van der Waals surface area (Å²) < 4.78 is 35.2. The molecule has 0 radical (unpaired) electrons. The molecule has 0 spiro atoms. The van der Waals surface area contributed by atoms with E-state index in [1.807, 2.05) is 6.07 Å². The number of rotatable bonds is 8. The lowest BCUT2D eigenvalue weighted by Crippen LogP contribution is -2.42. The SMILES string of the molecule is CCCN1c2ccc(NC(=O)CCCCc3ccc4c(c3)OC(F)(F)O4)cc2CC1C(C)(C)C. The number of benzene rings is 2. The zero-order valence-corrected chi connectivity index (χ0v) is 20.4. The van der Waals surface area contributed by atoms with E-state index in [-0.39, 0.29) is 22.8 Å². The molecule has 1 amide bonds. The number of halogens is 2. The van der Waals surface area contributed by atoms with Crippen molar-refractivity contribution < 1.29 is 23.0 Å². The maximum atomic E-state index is 13.1. The minimum atomic E-state index is -3.60. The van der Waals surface area contributed by atoms with Gasteiger partial charge in [-0.25, -0.2) is 0 Å². The van der Waals surface area contributed by atoms with Crippen LogP contribution in [0.1, 0.15) is 64.5 Å². The monoisotopic (exact) mass is 472 g/mol. The molecule has 0 aromatic heterocycles. The van der Waals surface area contributed by atoms with Gasteiger partial charge < -0.3 is 19.7 Å². The van der Waals surface area contributed by atoms with Crippen molar-refractivity contribution in [2.75, 3.05) is 16.8 Å². The van der Waals surface area contributed by atoms with Gasteiger partial charge in [0.25, 0.3) is 0 Å². The van der Waals surface area contributed by atoms with Gasteiger partial charge in [-0.3, -0.25) is 4.79 Å². The molecule has 2 aliphatic heterocycles. The number of hydrogen-bond acceptors (Lipinski definition) is 4. The number of anilines is 2. The Balaban J connectivity index is 1.27. The first-order valence-electron chi connectivity index (χ1n) is 12.1. The number of aryl methyl sites for hydroxylation is 1. The largest absolute Gasteiger partial charge is 0.586 e. The van der Waals surface area contributed by atoms with E-state index in [1.165, 1.54) is 17.3 Å². The van der Waals surface area contributed by atoms with Crippen LogP contribution in [-0.4, -0.2) is 24.8 Å². The van der Waals surface area contributed by atoms with Crippen molar-refractivity contribution in [2.45, 2.75) is 78.6 Å². The first-order chi connectivity index (χ1) is 16.1. The molecule has 34 heavy (non-hydrogen) atoms. The normalized spacial score (nSPS) is 18.2. The van der Waals surface area contributed by atoms with Crippen LogP contribution in [0.3, 0.4) is 0 Å². The predicted octanol–water partition coefficient (Wildman–Crippen LogP) is 6.55. The van der Waals surface area contributed by atoms with Crippen molar-refractivity contribution in [1.29, 1.82) is 0 Å². The van der Waals surface area contributed by atoms with Gasteiger partial charge in [-0.2, -0.15) is 0 Å². The fourth-order valence-electron chi connectivity index (χ4n) is 4.87. The van der Waals surface area contributed by atoms with E-state index in [2.05, 4.69) is 59.5 Å². The molecule has 5 nitrogen and oxygen atoms in total. The summed E-state index contributed by atoms with van der Waals surface area (Å²) in [5.41, 5.74) is 4.47. The van der Waals surface area contributed by atoms with E-state index in [4.69, 9.17) is 0 Å². The zero-order chi connectivity index (χ0) is 24.5. The van der Waals surface area contributed by atoms with Gasteiger partial charge in [-0.05, 0) is 79.0 Å². The predicted molar refractivity (Wildman–Crippen MR) is 130 cm³/mol. The zero-order valence-electron chi connectivity index (χ0n) is 20.4. The van der Waals surface area contributed by atoms with Gasteiger partial charge in [-0.1, -0.05) is 33.8 Å². The third-order valence-corrected chi connectivity index (χ3v) is 6.51. The third-order valence-electron chi connectivity index (χ3n) is 6.51. The smallest absolute Gasteiger partial charge is 0.395 e. The maximum absolute atomic E-state index is 13.1. The number of unbranched alkanes of at least 4 members (excludes halogenated alkanes) is 1. The van der Waals surface area contributed by atoms with Crippen LogP contribution in [0.25, 0.3) is 0 Å². The number of nitrogens with zero attached hydrogens (tertiary/aromatic N) is 1. The number of hydrogen-bond donors (Lipinski definition) is 1. The Morgan fingerprint density at radius 3 is 2.62 bits per heavy atom. The molecule has 2 aliphatic rings. The molecular weight excluding hydrogens is 438 g/mol. The first-order valence-corrected chi connectivity index (χ1v) is 12.1. The van der Waals surface area contributed by atoms with Crippen LogP contribution < -0.4 is 19.7 Å². The Bertz CT molecular complexity index is 1050. The quantitative estimate of drug-likeness (QED) is 0.443. The molecule has 0 aliphatic carbocycles. The fourth-order valence-corrected chi connectivity index (χ4v) is 4.87. The van der Waals surface area contributed by atoms with Crippen LogP contribution in [0.5, 0.6) is 11.5 Å². The highest BCUT2D eigenvalue weighted by Gasteiger charge is 2.43. The molecule has 0 saturated heterocycles. The number of alkyl halides is 2. The molecule has 184 valence electrons. The molecule has 2 aromatic carbocycles. The van der Waals surface area contributed by atoms with Crippen LogP contribution in [0.2, 0.25) is 0 Å². The van der Waals surface area contributed by atoms with Gasteiger partial charge in [0.15, 0.2) is 11.5 Å². The van der Waals surface area contributed by atoms with Crippen molar-refractivity contribution in [2.24, 2.45) is 5.41 Å². The van der Waals surface area contributed by atoms with E-state index < -0.39 is 6.29 Å². The summed E-state index contributed by atoms with van der Waals surface area (Å²) in [6.45, 7) is 10.1. The van der Waals surface area contributed by atoms with Gasteiger partial charge in [0.1, 0.15) is 0 Å². The van der Waals surface area contributed by atoms with Crippen LogP contribution >= 0.6 is 0 Å². The van der Waals surface area contributed by atoms with Crippen molar-refractivity contribution >= 4 is 17.3 Å². The average Bonchev–Trinajstić information content (AvgIpc) is 3.26. The molecule has 2 heterocycles. The molecular formula is C27H34F2N2O3. The van der Waals surface area contributed by atoms with Crippen LogP contribution in [-0.2, 0) is 17.6 Å². The van der Waals surface area contributed by atoms with Crippen LogP contribution in [0, 0.1) is 5.41 Å². The molecule has 0 fully saturated rings. The summed E-state index contributed by atoms with van der Waals surface area (Å²) in [5, 5.41) is 3.04. The van der Waals surface area contributed by atoms with E-state index >= 15 is 0 Å². The van der Waals surface area contributed by atoms with E-state index in [0.717, 1.165) is 37.1 Å². The van der Waals surface area contributed by atoms with Crippen molar-refractivity contribution in [3.63, 3.8) is 0 Å². The molecule has 1 unspecified atom stereocenters. The standard InChI is InChI=1S/C27H34F2N2O3/c1-5-14-31-21-12-11-20(16-19(21)17-24(31)26(2,3)4)30-25(32)9-7-6-8-18-10-13-22-23(15-18)34-27(28,29)33-22/h10-13,15-16,24H,5-9,14,17H2,1-4H3,(H,30,32). The number of ether oxygens (including phenoxy) is 2. The number of amides is 1. The summed E-state index contributed by atoms with van der Waals surface area (Å²) in [4.78, 5) is 15.0. The van der Waals surface area contributed by atoms with Gasteiger partial charge >= 0.3 is 6.29 Å². The highest BCUT2D eigenvalue weighted by atomic mass is 19.3. The molecule has 0 saturated carbocycles. The van der Waals surface area contributed by atoms with Crippen molar-refractivity contribution in [1.82, 2.24) is 0 Å². The minimum Gasteiger partial charge on any atom is -0.395 e. The van der Waals surface area contributed by atoms with E-state index in [0.29, 0.717) is 25.3 Å². The first kappa shape index (κ1) is 24.3. The Hall–Kier alpha value is -2.83. The van der Waals surface area contributed by atoms with Crippen LogP contribution in [0.15, 0.2) is 36.4 Å². The Labute approximate surface area is 200 Å². The second-order valence-corrected chi connectivity index (χ2v) is 10.3. The molecule has 0 bridgehead atoms. The second-order valence-electron chi connectivity index (χ2n) is 10.3. The number of nitrogens with one attached hydrogen (secondary N) is 1. The second kappa shape index (κ2) is 9.43. The average molecular weight is 473 g/mol. The fraction of sp³-hybridized carbons (Fsp3) is 0.519. The highest BCUT2D eigenvalue weighted by Crippen LogP contribution is 2.42. The molecule has 1 atom stereocenters. The Kier molecular flexibility index (Phi) is 6.74. The van der Waals surface area contributed by atoms with Gasteiger partial charge in [0.2, 0.25) is 5.91 Å². The summed E-state index contributed by atoms with van der Waals surface area (Å²) in [6.07, 6.45) is 1.05. The van der Waals surface area contributed by atoms with E-state index in [9.17, 15) is 13.6 Å². The Morgan fingerprint density at radius 2 is 1.88 bits per heavy atom. The summed E-state index contributed by atoms with van der Waals surface area (Å²) in [6, 6.07) is 11.5. The lowest BCUT2D eigenvalue weighted by atomic mass is 9.84. The van der Waals surface area contributed by atoms with E-state index in [1.54, 1.807) is 12.1 Å². The van der Waals surface area contributed by atoms with Crippen molar-refractivity contribution in [3.8, 4) is 11.5 Å². The van der Waals surface area contributed by atoms with Gasteiger partial charge in [-0.15, -0.1) is 8.78 Å². The lowest BCUT2D eigenvalue weighted by Gasteiger charge is -2.36. The Morgan fingerprint density at radius 1 is 1.12 bits per heavy atom. The van der Waals surface area contributed by atoms with Gasteiger partial charge in [0.05, 0.1) is 0 Å². The van der Waals surface area contributed by atoms with Gasteiger partial charge in [0, 0.05) is 30.4 Å². The summed E-state index contributed by atoms with van der Waals surface area (Å²) in [7, 11) is 0. The third kappa shape index (κ3) is 5.45. The minimum absolute atomic E-state index is 0.0129. The summed E-state index contributed by atoms with van der Waals surface area (Å²) >= 11 is 0. The number of carbonyl (C=O) groups excluding carboxylic acids is 1. The molecule has 7 heteroatoms. The number of carbonyl (C=O) groups is 1. The number of fused-ring (bicyclic) bond motifs is 2. The molecule has 4 rings (SSSR count). The topological polar surface area (TPSA) is 50.8 Å². The molecule has 2 aromatic rings. The lowest BCUT2D eigenvalue weighted by molar-refractivity contribution is -0.286. The molecule has 1 N–H and O–H groups in total. The maximum Gasteiger partial charge on any atom is 0.586 e.